The lowest BCUT2D eigenvalue weighted by Gasteiger charge is -2.27. The number of rotatable bonds is 5. The molecule has 0 aliphatic carbocycles. The van der Waals surface area contributed by atoms with Crippen molar-refractivity contribution in [3.63, 3.8) is 0 Å². The minimum Gasteiger partial charge on any atom is -0.399 e. The fourth-order valence-corrected chi connectivity index (χ4v) is 4.10. The second kappa shape index (κ2) is 9.00. The fourth-order valence-electron chi connectivity index (χ4n) is 4.10. The van der Waals surface area contributed by atoms with Crippen molar-refractivity contribution in [1.29, 1.82) is 0 Å². The second-order valence-corrected chi connectivity index (χ2v) is 8.23. The number of nitrogens with zero attached hydrogens (tertiary/aromatic N) is 3. The molecule has 1 unspecified atom stereocenters. The van der Waals surface area contributed by atoms with Gasteiger partial charge in [-0.1, -0.05) is 6.07 Å². The molecule has 2 heterocycles. The Bertz CT molecular complexity index is 1140. The van der Waals surface area contributed by atoms with Gasteiger partial charge in [-0.25, -0.2) is 9.97 Å². The van der Waals surface area contributed by atoms with Gasteiger partial charge in [0.2, 0.25) is 0 Å². The first-order valence-corrected chi connectivity index (χ1v) is 10.9. The summed E-state index contributed by atoms with van der Waals surface area (Å²) in [6.45, 7) is 8.26. The average molecular weight is 435 g/mol. The van der Waals surface area contributed by atoms with Crippen LogP contribution >= 0.6 is 0 Å². The Morgan fingerprint density at radius 1 is 1.12 bits per heavy atom. The van der Waals surface area contributed by atoms with Gasteiger partial charge in [-0.2, -0.15) is 0 Å². The van der Waals surface area contributed by atoms with Gasteiger partial charge in [-0.15, -0.1) is 0 Å². The third-order valence-corrected chi connectivity index (χ3v) is 5.72. The third kappa shape index (κ3) is 4.45. The van der Waals surface area contributed by atoms with E-state index in [1.807, 2.05) is 50.1 Å². The Morgan fingerprint density at radius 2 is 1.88 bits per heavy atom. The number of aromatic nitrogens is 2. The molecule has 0 saturated carbocycles. The highest BCUT2D eigenvalue weighted by atomic mass is 16.5. The van der Waals surface area contributed by atoms with Crippen LogP contribution in [0.4, 0.5) is 17.2 Å². The number of nitrogen functional groups attached to an aromatic ring is 1. The summed E-state index contributed by atoms with van der Waals surface area (Å²) in [6, 6.07) is 9.83. The molecule has 32 heavy (non-hydrogen) atoms. The summed E-state index contributed by atoms with van der Waals surface area (Å²) >= 11 is 0. The van der Waals surface area contributed by atoms with E-state index in [2.05, 4.69) is 33.6 Å². The van der Waals surface area contributed by atoms with Gasteiger partial charge >= 0.3 is 0 Å². The Hall–Kier alpha value is -3.39. The summed E-state index contributed by atoms with van der Waals surface area (Å²) in [4.78, 5) is 24.3. The van der Waals surface area contributed by atoms with E-state index in [4.69, 9.17) is 10.5 Å². The van der Waals surface area contributed by atoms with Crippen molar-refractivity contribution in [2.75, 3.05) is 49.7 Å². The number of nitrogens with one attached hydrogen (secondary N) is 2. The van der Waals surface area contributed by atoms with Crippen molar-refractivity contribution >= 4 is 34.0 Å². The zero-order chi connectivity index (χ0) is 22.8. The highest BCUT2D eigenvalue weighted by Crippen LogP contribution is 2.31. The third-order valence-electron chi connectivity index (χ3n) is 5.72. The maximum absolute atomic E-state index is 13.2. The zero-order valence-electron chi connectivity index (χ0n) is 19.0. The van der Waals surface area contributed by atoms with E-state index >= 15 is 0 Å². The van der Waals surface area contributed by atoms with Crippen LogP contribution < -0.4 is 16.4 Å². The van der Waals surface area contributed by atoms with E-state index in [1.54, 1.807) is 0 Å². The molecule has 8 nitrogen and oxygen atoms in total. The normalized spacial score (nSPS) is 14.9. The van der Waals surface area contributed by atoms with Gasteiger partial charge in [0.25, 0.3) is 5.91 Å². The molecule has 1 atom stereocenters. The van der Waals surface area contributed by atoms with Crippen LogP contribution in [-0.4, -0.2) is 54.1 Å². The predicted octanol–water partition coefficient (Wildman–Crippen LogP) is 3.52. The quantitative estimate of drug-likeness (QED) is 0.528. The minimum absolute atomic E-state index is 0.0117. The number of carbonyl (C=O) groups is 1. The summed E-state index contributed by atoms with van der Waals surface area (Å²) < 4.78 is 5.39. The van der Waals surface area contributed by atoms with Crippen molar-refractivity contribution in [3.8, 4) is 0 Å². The van der Waals surface area contributed by atoms with Gasteiger partial charge in [0, 0.05) is 36.9 Å². The number of benzene rings is 2. The number of aryl methyl sites for hydroxylation is 2. The molecule has 168 valence electrons. The van der Waals surface area contributed by atoms with Crippen LogP contribution in [0.3, 0.4) is 0 Å². The van der Waals surface area contributed by atoms with Crippen LogP contribution in [0.2, 0.25) is 0 Å². The smallest absolute Gasteiger partial charge is 0.256 e. The van der Waals surface area contributed by atoms with Crippen LogP contribution in [0.25, 0.3) is 10.9 Å². The van der Waals surface area contributed by atoms with Crippen LogP contribution in [0.15, 0.2) is 30.3 Å². The molecule has 4 N–H and O–H groups in total. The lowest BCUT2D eigenvalue weighted by atomic mass is 10.0. The molecule has 4 rings (SSSR count). The van der Waals surface area contributed by atoms with Gasteiger partial charge in [0.1, 0.15) is 11.6 Å². The van der Waals surface area contributed by atoms with Crippen LogP contribution in [0.5, 0.6) is 0 Å². The fraction of sp³-hybridized carbons (Fsp3) is 0.375. The molecular weight excluding hydrogens is 404 g/mol. The Balaban J connectivity index is 1.73. The van der Waals surface area contributed by atoms with Gasteiger partial charge in [-0.3, -0.25) is 4.79 Å². The van der Waals surface area contributed by atoms with Crippen LogP contribution in [0.1, 0.15) is 40.3 Å². The summed E-state index contributed by atoms with van der Waals surface area (Å²) in [5, 5.41) is 7.54. The molecule has 1 aromatic heterocycles. The predicted molar refractivity (Wildman–Crippen MR) is 128 cm³/mol. The van der Waals surface area contributed by atoms with E-state index in [-0.39, 0.29) is 11.9 Å². The minimum atomic E-state index is -0.0195. The van der Waals surface area contributed by atoms with Gasteiger partial charge in [0.05, 0.1) is 30.3 Å². The number of carbonyl (C=O) groups excluding carboxylic acids is 1. The topological polar surface area (TPSA) is 105 Å². The van der Waals surface area contributed by atoms with E-state index in [0.29, 0.717) is 37.7 Å². The molecule has 1 aliphatic heterocycles. The molecule has 1 aliphatic rings. The second-order valence-electron chi connectivity index (χ2n) is 8.23. The number of fused-ring (bicyclic) bond motifs is 1. The van der Waals surface area contributed by atoms with Crippen LogP contribution in [-0.2, 0) is 4.74 Å². The zero-order valence-corrected chi connectivity index (χ0v) is 19.0. The van der Waals surface area contributed by atoms with Crippen molar-refractivity contribution in [2.24, 2.45) is 0 Å². The first kappa shape index (κ1) is 21.8. The number of hydrogen-bond acceptors (Lipinski definition) is 7. The molecular formula is C24H30N6O2. The first-order chi connectivity index (χ1) is 15.4. The van der Waals surface area contributed by atoms with Gasteiger partial charge in [0.15, 0.2) is 0 Å². The monoisotopic (exact) mass is 434 g/mol. The summed E-state index contributed by atoms with van der Waals surface area (Å²) in [5.41, 5.74) is 11.1. The molecule has 0 spiro atoms. The van der Waals surface area contributed by atoms with Crippen LogP contribution in [0, 0.1) is 13.8 Å². The Labute approximate surface area is 188 Å². The average Bonchev–Trinajstić information content (AvgIpc) is 2.77. The highest BCUT2D eigenvalue weighted by Gasteiger charge is 2.23. The Kier molecular flexibility index (Phi) is 6.14. The Morgan fingerprint density at radius 3 is 2.56 bits per heavy atom. The van der Waals surface area contributed by atoms with Crippen molar-refractivity contribution in [2.45, 2.75) is 26.8 Å². The molecule has 1 amide bonds. The highest BCUT2D eigenvalue weighted by molar-refractivity contribution is 6.05. The van der Waals surface area contributed by atoms with E-state index in [0.717, 1.165) is 39.2 Å². The molecule has 3 aromatic rings. The number of hydrogen-bond donors (Lipinski definition) is 3. The molecule has 1 saturated heterocycles. The van der Waals surface area contributed by atoms with Gasteiger partial charge in [-0.05, 0) is 56.2 Å². The molecule has 8 heteroatoms. The van der Waals surface area contributed by atoms with E-state index < -0.39 is 0 Å². The molecule has 2 aromatic carbocycles. The summed E-state index contributed by atoms with van der Waals surface area (Å²) in [5.74, 6) is 1.34. The van der Waals surface area contributed by atoms with Crippen molar-refractivity contribution in [1.82, 2.24) is 14.9 Å². The SMILES string of the molecule is CNc1cc2c(NC(C)c3cc(C)cc(N)c3)nc(C)nc2cc1C(=O)N1CCOCC1. The summed E-state index contributed by atoms with van der Waals surface area (Å²) in [6.07, 6.45) is 0. The first-order valence-electron chi connectivity index (χ1n) is 10.9. The van der Waals surface area contributed by atoms with Crippen molar-refractivity contribution < 1.29 is 9.53 Å². The number of nitrogens with two attached hydrogens (primary N) is 1. The molecule has 0 bridgehead atoms. The standard InChI is InChI=1S/C24H30N6O2/c1-14-9-17(11-18(25)10-14)15(2)27-23-19-12-21(26-4)20(13-22(19)28-16(3)29-23)24(31)30-5-7-32-8-6-30/h9-13,15,26H,5-8,25H2,1-4H3,(H,27,28,29). The van der Waals surface area contributed by atoms with Gasteiger partial charge < -0.3 is 26.0 Å². The number of amides is 1. The number of anilines is 3. The maximum Gasteiger partial charge on any atom is 0.256 e. The molecule has 1 fully saturated rings. The summed E-state index contributed by atoms with van der Waals surface area (Å²) in [7, 11) is 1.82. The van der Waals surface area contributed by atoms with Crippen molar-refractivity contribution in [3.05, 3.63) is 52.8 Å². The number of morpholine rings is 1. The lowest BCUT2D eigenvalue weighted by Crippen LogP contribution is -2.40. The lowest BCUT2D eigenvalue weighted by molar-refractivity contribution is 0.0303. The maximum atomic E-state index is 13.2. The molecule has 0 radical (unpaired) electrons. The largest absolute Gasteiger partial charge is 0.399 e. The number of ether oxygens (including phenoxy) is 1. The van der Waals surface area contributed by atoms with E-state index in [9.17, 15) is 4.79 Å². The van der Waals surface area contributed by atoms with E-state index in [1.165, 1.54) is 0 Å².